The van der Waals surface area contributed by atoms with E-state index in [-0.39, 0.29) is 0 Å². The van der Waals surface area contributed by atoms with Crippen LogP contribution < -0.4 is 0 Å². The second-order valence-corrected chi connectivity index (χ2v) is 5.02. The van der Waals surface area contributed by atoms with E-state index in [9.17, 15) is 0 Å². The molecular weight excluding hydrogens is 224 g/mol. The highest BCUT2D eigenvalue weighted by Crippen LogP contribution is 1.95. The minimum Gasteiger partial charge on any atom is -0.381 e. The zero-order chi connectivity index (χ0) is 14.4. The van der Waals surface area contributed by atoms with Crippen LogP contribution in [0.5, 0.6) is 0 Å². The molecule has 0 aromatic carbocycles. The molecule has 3 nitrogen and oxygen atoms in total. The van der Waals surface area contributed by atoms with Crippen LogP contribution in [0.4, 0.5) is 0 Å². The van der Waals surface area contributed by atoms with Gasteiger partial charge in [-0.2, -0.15) is 0 Å². The lowest BCUT2D eigenvalue weighted by molar-refractivity contribution is 0.101. The van der Waals surface area contributed by atoms with E-state index in [2.05, 4.69) is 44.7 Å². The van der Waals surface area contributed by atoms with Gasteiger partial charge in [0.15, 0.2) is 0 Å². The van der Waals surface area contributed by atoms with Crippen LogP contribution in [0, 0.1) is 5.92 Å². The van der Waals surface area contributed by atoms with Gasteiger partial charge in [0.05, 0.1) is 0 Å². The summed E-state index contributed by atoms with van der Waals surface area (Å²) in [7, 11) is 4.35. The number of rotatable bonds is 10. The van der Waals surface area contributed by atoms with Gasteiger partial charge < -0.3 is 14.5 Å². The molecule has 0 aliphatic rings. The molecule has 0 spiro atoms. The maximum atomic E-state index is 5.56. The third-order valence-corrected chi connectivity index (χ3v) is 2.68. The van der Waals surface area contributed by atoms with Gasteiger partial charge in [-0.25, -0.2) is 0 Å². The molecule has 112 valence electrons. The van der Waals surface area contributed by atoms with Crippen molar-refractivity contribution < 1.29 is 4.74 Å². The predicted molar refractivity (Wildman–Crippen MR) is 82.3 cm³/mol. The van der Waals surface area contributed by atoms with Crippen LogP contribution in [0.2, 0.25) is 0 Å². The minimum atomic E-state index is 0.649. The van der Waals surface area contributed by atoms with E-state index in [0.717, 1.165) is 45.8 Å². The van der Waals surface area contributed by atoms with Crippen molar-refractivity contribution in [3.05, 3.63) is 0 Å². The molecule has 0 saturated heterocycles. The molecule has 0 bridgehead atoms. The Kier molecular flexibility index (Phi) is 16.8. The zero-order valence-electron chi connectivity index (χ0n) is 13.8. The van der Waals surface area contributed by atoms with Gasteiger partial charge in [-0.3, -0.25) is 0 Å². The number of hydrogen-bond donors (Lipinski definition) is 0. The average Bonchev–Trinajstić information content (AvgIpc) is 2.37. The second-order valence-electron chi connectivity index (χ2n) is 5.02. The highest BCUT2D eigenvalue weighted by atomic mass is 16.5. The van der Waals surface area contributed by atoms with E-state index < -0.39 is 0 Å². The van der Waals surface area contributed by atoms with Gasteiger partial charge in [-0.1, -0.05) is 34.6 Å². The molecule has 0 unspecified atom stereocenters. The summed E-state index contributed by atoms with van der Waals surface area (Å²) in [5.41, 5.74) is 0. The fourth-order valence-electron chi connectivity index (χ4n) is 1.37. The summed E-state index contributed by atoms with van der Waals surface area (Å²) in [5, 5.41) is 0. The maximum absolute atomic E-state index is 5.56. The number of nitrogens with zero attached hydrogens (tertiary/aromatic N) is 2. The Labute approximate surface area is 115 Å². The molecule has 3 heteroatoms. The van der Waals surface area contributed by atoms with Gasteiger partial charge >= 0.3 is 0 Å². The lowest BCUT2D eigenvalue weighted by Gasteiger charge is -2.20. The van der Waals surface area contributed by atoms with Crippen LogP contribution in [0.1, 0.15) is 41.0 Å². The SMILES string of the molecule is CC.CCN(C)CCN(C)CCCOCC(C)C. The van der Waals surface area contributed by atoms with Gasteiger partial charge in [0.25, 0.3) is 0 Å². The average molecular weight is 260 g/mol. The van der Waals surface area contributed by atoms with Crippen LogP contribution in [0.15, 0.2) is 0 Å². The standard InChI is InChI=1S/C13H30N2O.C2H6/c1-6-14(4)9-10-15(5)8-7-11-16-12-13(2)3;1-2/h13H,6-12H2,1-5H3;1-2H3. The van der Waals surface area contributed by atoms with Gasteiger partial charge in [0.2, 0.25) is 0 Å². The van der Waals surface area contributed by atoms with E-state index in [0.29, 0.717) is 5.92 Å². The van der Waals surface area contributed by atoms with Crippen molar-refractivity contribution in [1.82, 2.24) is 9.80 Å². The first-order valence-corrected chi connectivity index (χ1v) is 7.51. The summed E-state index contributed by atoms with van der Waals surface area (Å²) >= 11 is 0. The Bertz CT molecular complexity index is 151. The van der Waals surface area contributed by atoms with E-state index in [4.69, 9.17) is 4.74 Å². The van der Waals surface area contributed by atoms with Crippen molar-refractivity contribution in [1.29, 1.82) is 0 Å². The zero-order valence-corrected chi connectivity index (χ0v) is 13.8. The summed E-state index contributed by atoms with van der Waals surface area (Å²) in [6.07, 6.45) is 1.14. The molecule has 0 saturated carbocycles. The lowest BCUT2D eigenvalue weighted by atomic mass is 10.2. The first-order valence-electron chi connectivity index (χ1n) is 7.51. The van der Waals surface area contributed by atoms with Crippen molar-refractivity contribution in [2.75, 3.05) is 53.5 Å². The maximum Gasteiger partial charge on any atom is 0.0489 e. The Morgan fingerprint density at radius 2 is 1.50 bits per heavy atom. The molecule has 0 atom stereocenters. The number of ether oxygens (including phenoxy) is 1. The number of likely N-dealkylation sites (N-methyl/N-ethyl adjacent to an activating group) is 2. The lowest BCUT2D eigenvalue weighted by Crippen LogP contribution is -2.31. The molecular formula is C15H36N2O. The summed E-state index contributed by atoms with van der Waals surface area (Å²) in [6.45, 7) is 16.9. The molecule has 0 aliphatic heterocycles. The highest BCUT2D eigenvalue weighted by molar-refractivity contribution is 4.55. The molecule has 0 heterocycles. The monoisotopic (exact) mass is 260 g/mol. The summed E-state index contributed by atoms with van der Waals surface area (Å²) in [5.74, 6) is 0.649. The third-order valence-electron chi connectivity index (χ3n) is 2.68. The Balaban J connectivity index is 0. The molecule has 0 aromatic rings. The third kappa shape index (κ3) is 15.9. The van der Waals surface area contributed by atoms with Crippen molar-refractivity contribution in [3.8, 4) is 0 Å². The molecule has 0 rings (SSSR count). The summed E-state index contributed by atoms with van der Waals surface area (Å²) < 4.78 is 5.56. The van der Waals surface area contributed by atoms with E-state index in [1.165, 1.54) is 0 Å². The molecule has 0 fully saturated rings. The predicted octanol–water partition coefficient (Wildman–Crippen LogP) is 2.96. The highest BCUT2D eigenvalue weighted by Gasteiger charge is 2.00. The van der Waals surface area contributed by atoms with Crippen molar-refractivity contribution in [2.24, 2.45) is 5.92 Å². The first kappa shape index (κ1) is 20.2. The van der Waals surface area contributed by atoms with E-state index in [1.54, 1.807) is 0 Å². The molecule has 0 aromatic heterocycles. The normalized spacial score (nSPS) is 11.0. The van der Waals surface area contributed by atoms with Gasteiger partial charge in [-0.15, -0.1) is 0 Å². The summed E-state index contributed by atoms with van der Waals surface area (Å²) in [6, 6.07) is 0. The van der Waals surface area contributed by atoms with Gasteiger partial charge in [0.1, 0.15) is 0 Å². The topological polar surface area (TPSA) is 15.7 Å². The van der Waals surface area contributed by atoms with Crippen molar-refractivity contribution in [2.45, 2.75) is 41.0 Å². The Morgan fingerprint density at radius 1 is 0.944 bits per heavy atom. The van der Waals surface area contributed by atoms with Crippen LogP contribution in [-0.2, 0) is 4.74 Å². The van der Waals surface area contributed by atoms with Crippen LogP contribution in [-0.4, -0.2) is 63.3 Å². The largest absolute Gasteiger partial charge is 0.381 e. The first-order chi connectivity index (χ1) is 8.56. The number of hydrogen-bond acceptors (Lipinski definition) is 3. The van der Waals surface area contributed by atoms with Crippen molar-refractivity contribution in [3.63, 3.8) is 0 Å². The smallest absolute Gasteiger partial charge is 0.0489 e. The molecule has 0 aliphatic carbocycles. The summed E-state index contributed by atoms with van der Waals surface area (Å²) in [4.78, 5) is 4.72. The Morgan fingerprint density at radius 3 is 2.00 bits per heavy atom. The molecule has 0 radical (unpaired) electrons. The molecule has 0 amide bonds. The van der Waals surface area contributed by atoms with Gasteiger partial charge in [0, 0.05) is 32.8 Å². The van der Waals surface area contributed by atoms with Crippen LogP contribution in [0.3, 0.4) is 0 Å². The van der Waals surface area contributed by atoms with Gasteiger partial charge in [-0.05, 0) is 33.0 Å². The minimum absolute atomic E-state index is 0.649. The van der Waals surface area contributed by atoms with E-state index >= 15 is 0 Å². The van der Waals surface area contributed by atoms with Crippen LogP contribution >= 0.6 is 0 Å². The van der Waals surface area contributed by atoms with E-state index in [1.807, 2.05) is 13.8 Å². The molecule has 18 heavy (non-hydrogen) atoms. The Hall–Kier alpha value is -0.120. The fourth-order valence-corrected chi connectivity index (χ4v) is 1.37. The molecule has 0 N–H and O–H groups in total. The van der Waals surface area contributed by atoms with Crippen LogP contribution in [0.25, 0.3) is 0 Å². The van der Waals surface area contributed by atoms with Crippen molar-refractivity contribution >= 4 is 0 Å². The fraction of sp³-hybridized carbons (Fsp3) is 1.00. The second kappa shape index (κ2) is 14.9. The quantitative estimate of drug-likeness (QED) is 0.562.